The van der Waals surface area contributed by atoms with E-state index in [0.717, 1.165) is 5.56 Å². The molecule has 0 unspecified atom stereocenters. The van der Waals surface area contributed by atoms with Gasteiger partial charge < -0.3 is 10.2 Å². The van der Waals surface area contributed by atoms with Gasteiger partial charge in [-0.3, -0.25) is 0 Å². The van der Waals surface area contributed by atoms with Crippen LogP contribution in [0, 0.1) is 55.4 Å². The van der Waals surface area contributed by atoms with Crippen molar-refractivity contribution in [2.45, 2.75) is 68.2 Å². The second-order valence-corrected chi connectivity index (χ2v) is 14.8. The van der Waals surface area contributed by atoms with Crippen LogP contribution in [0.15, 0.2) is 231 Å². The van der Waals surface area contributed by atoms with E-state index >= 15 is 0 Å². The number of benzene rings is 8. The molecule has 0 aliphatic carbocycles. The van der Waals surface area contributed by atoms with Crippen LogP contribution in [0.2, 0.25) is 0 Å². The van der Waals surface area contributed by atoms with Crippen LogP contribution in [0.1, 0.15) is 55.6 Å². The summed E-state index contributed by atoms with van der Waals surface area (Å²) in [7, 11) is 0. The Balaban J connectivity index is 0.000000358. The Morgan fingerprint density at radius 2 is 0.468 bits per heavy atom. The van der Waals surface area contributed by atoms with Crippen molar-refractivity contribution in [3.63, 3.8) is 0 Å². The van der Waals surface area contributed by atoms with E-state index in [-0.39, 0.29) is 13.2 Å². The van der Waals surface area contributed by atoms with Gasteiger partial charge in [-0.05, 0) is 84.9 Å². The molecule has 8 aromatic rings. The van der Waals surface area contributed by atoms with Gasteiger partial charge in [-0.2, -0.15) is 0 Å². The average Bonchev–Trinajstić information content (AvgIpc) is 3.29. The normalized spacial score (nSPS) is 9.06. The van der Waals surface area contributed by atoms with Gasteiger partial charge >= 0.3 is 0 Å². The lowest BCUT2D eigenvalue weighted by Gasteiger charge is -2.06. The minimum absolute atomic E-state index is 0.182. The van der Waals surface area contributed by atoms with Crippen LogP contribution < -0.4 is 0 Å². The number of aliphatic hydroxyl groups excluding tert-OH is 2. The van der Waals surface area contributed by atoms with Crippen molar-refractivity contribution < 1.29 is 10.2 Å². The highest BCUT2D eigenvalue weighted by atomic mass is 16.3. The SMILES string of the molecule is Cc1ccc(CCO)cc1CCO.Cc1ccccc1.Cc1ccccc1.Cc1ccccc1.Cc1ccccc1.Cc1ccccc1.Cc1ccccc1.Cc1ccccc1. The molecule has 8 rings (SSSR count). The lowest BCUT2D eigenvalue weighted by atomic mass is 10.0. The van der Waals surface area contributed by atoms with E-state index in [0.29, 0.717) is 12.8 Å². The fourth-order valence-corrected chi connectivity index (χ4v) is 5.14. The molecular formula is C60H72O2. The molecule has 0 atom stereocenters. The monoisotopic (exact) mass is 825 g/mol. The Morgan fingerprint density at radius 3 is 0.629 bits per heavy atom. The zero-order chi connectivity index (χ0) is 45.5. The van der Waals surface area contributed by atoms with Crippen molar-refractivity contribution in [2.75, 3.05) is 13.2 Å². The van der Waals surface area contributed by atoms with E-state index in [1.165, 1.54) is 50.1 Å². The van der Waals surface area contributed by atoms with Gasteiger partial charge in [0.05, 0.1) is 0 Å². The highest BCUT2D eigenvalue weighted by Gasteiger charge is 1.99. The standard InChI is InChI=1S/C11H16O2.7C7H8/c1-9-2-3-10(4-6-12)8-11(9)5-7-13;7*1-7-5-3-2-4-6-7/h2-3,8,12-13H,4-7H2,1H3;7*2-6H,1H3. The third-order valence-electron chi connectivity index (χ3n) is 8.78. The van der Waals surface area contributed by atoms with Crippen LogP contribution in [0.4, 0.5) is 0 Å². The molecule has 0 bridgehead atoms. The molecule has 0 aromatic heterocycles. The van der Waals surface area contributed by atoms with Crippen LogP contribution in [0.25, 0.3) is 0 Å². The maximum Gasteiger partial charge on any atom is 0.0471 e. The predicted octanol–water partition coefficient (Wildman–Crippen LogP) is 15.0. The Morgan fingerprint density at radius 1 is 0.258 bits per heavy atom. The lowest BCUT2D eigenvalue weighted by molar-refractivity contribution is 0.298. The highest BCUT2D eigenvalue weighted by molar-refractivity contribution is 5.31. The number of hydrogen-bond donors (Lipinski definition) is 2. The van der Waals surface area contributed by atoms with Gasteiger partial charge in [0.2, 0.25) is 0 Å². The van der Waals surface area contributed by atoms with Crippen molar-refractivity contribution in [1.29, 1.82) is 0 Å². The molecular weight excluding hydrogens is 753 g/mol. The number of hydrogen-bond acceptors (Lipinski definition) is 2. The van der Waals surface area contributed by atoms with Crippen molar-refractivity contribution in [1.82, 2.24) is 0 Å². The third kappa shape index (κ3) is 31.6. The molecule has 0 saturated carbocycles. The third-order valence-corrected chi connectivity index (χ3v) is 8.78. The van der Waals surface area contributed by atoms with Gasteiger partial charge in [0.1, 0.15) is 0 Å². The van der Waals surface area contributed by atoms with Crippen LogP contribution in [0.3, 0.4) is 0 Å². The minimum Gasteiger partial charge on any atom is -0.396 e. The van der Waals surface area contributed by atoms with Crippen molar-refractivity contribution in [2.24, 2.45) is 0 Å². The first kappa shape index (κ1) is 53.7. The van der Waals surface area contributed by atoms with E-state index in [9.17, 15) is 0 Å². The molecule has 0 aliphatic rings. The first-order valence-electron chi connectivity index (χ1n) is 21.5. The molecule has 0 aliphatic heterocycles. The van der Waals surface area contributed by atoms with E-state index < -0.39 is 0 Å². The number of rotatable bonds is 4. The maximum absolute atomic E-state index is 8.82. The van der Waals surface area contributed by atoms with E-state index in [2.05, 4.69) is 139 Å². The lowest BCUT2D eigenvalue weighted by Crippen LogP contribution is -1.97. The second kappa shape index (κ2) is 36.5. The smallest absolute Gasteiger partial charge is 0.0471 e. The first-order chi connectivity index (χ1) is 30.0. The molecule has 0 amide bonds. The Kier molecular flexibility index (Phi) is 31.6. The van der Waals surface area contributed by atoms with Crippen LogP contribution in [-0.2, 0) is 12.8 Å². The summed E-state index contributed by atoms with van der Waals surface area (Å²) in [5, 5.41) is 17.6. The molecule has 2 nitrogen and oxygen atoms in total. The molecule has 2 N–H and O–H groups in total. The number of aliphatic hydroxyl groups is 2. The van der Waals surface area contributed by atoms with Crippen LogP contribution >= 0.6 is 0 Å². The van der Waals surface area contributed by atoms with E-state index in [4.69, 9.17) is 10.2 Å². The summed E-state index contributed by atoms with van der Waals surface area (Å²) in [5.41, 5.74) is 12.8. The molecule has 2 heteroatoms. The zero-order valence-electron chi connectivity index (χ0n) is 38.7. The first-order valence-corrected chi connectivity index (χ1v) is 21.5. The quantitative estimate of drug-likeness (QED) is 0.186. The molecule has 324 valence electrons. The van der Waals surface area contributed by atoms with Crippen LogP contribution in [-0.4, -0.2) is 23.4 Å². The maximum atomic E-state index is 8.82. The van der Waals surface area contributed by atoms with Gasteiger partial charge in [0, 0.05) is 13.2 Å². The Hall–Kier alpha value is -6.32. The largest absolute Gasteiger partial charge is 0.396 e. The van der Waals surface area contributed by atoms with Crippen molar-refractivity contribution in [3.05, 3.63) is 286 Å². The summed E-state index contributed by atoms with van der Waals surface area (Å²) in [6.07, 6.45) is 1.39. The second-order valence-electron chi connectivity index (χ2n) is 14.8. The predicted molar refractivity (Wildman–Crippen MR) is 271 cm³/mol. The molecule has 0 heterocycles. The molecule has 0 spiro atoms. The van der Waals surface area contributed by atoms with Gasteiger partial charge in [-0.15, -0.1) is 0 Å². The summed E-state index contributed by atoms with van der Waals surface area (Å²) in [5.74, 6) is 0. The Labute approximate surface area is 376 Å². The van der Waals surface area contributed by atoms with E-state index in [1.807, 2.05) is 146 Å². The Bertz CT molecular complexity index is 1770. The fraction of sp³-hybridized carbons (Fsp3) is 0.200. The zero-order valence-corrected chi connectivity index (χ0v) is 38.7. The molecule has 0 saturated heterocycles. The van der Waals surface area contributed by atoms with Gasteiger partial charge in [-0.1, -0.05) is 269 Å². The molecule has 62 heavy (non-hydrogen) atoms. The molecule has 0 radical (unpaired) electrons. The summed E-state index contributed by atoms with van der Waals surface area (Å²) in [6.45, 7) is 17.0. The van der Waals surface area contributed by atoms with Gasteiger partial charge in [0.25, 0.3) is 0 Å². The fourth-order valence-electron chi connectivity index (χ4n) is 5.14. The van der Waals surface area contributed by atoms with E-state index in [1.54, 1.807) is 0 Å². The summed E-state index contributed by atoms with van der Waals surface area (Å²) in [6, 6.07) is 77.9. The minimum atomic E-state index is 0.182. The summed E-state index contributed by atoms with van der Waals surface area (Å²) >= 11 is 0. The molecule has 0 fully saturated rings. The van der Waals surface area contributed by atoms with Gasteiger partial charge in [0.15, 0.2) is 0 Å². The number of aryl methyl sites for hydroxylation is 8. The summed E-state index contributed by atoms with van der Waals surface area (Å²) in [4.78, 5) is 0. The average molecular weight is 825 g/mol. The van der Waals surface area contributed by atoms with Crippen molar-refractivity contribution >= 4 is 0 Å². The molecule has 8 aromatic carbocycles. The highest BCUT2D eigenvalue weighted by Crippen LogP contribution is 2.12. The summed E-state index contributed by atoms with van der Waals surface area (Å²) < 4.78 is 0. The topological polar surface area (TPSA) is 40.5 Å². The van der Waals surface area contributed by atoms with Crippen molar-refractivity contribution in [3.8, 4) is 0 Å². The van der Waals surface area contributed by atoms with Gasteiger partial charge in [-0.25, -0.2) is 0 Å². The van der Waals surface area contributed by atoms with Crippen LogP contribution in [0.5, 0.6) is 0 Å².